The Labute approximate surface area is 94.7 Å². The van der Waals surface area contributed by atoms with E-state index in [1.807, 2.05) is 6.92 Å². The van der Waals surface area contributed by atoms with Gasteiger partial charge in [0, 0.05) is 6.54 Å². The molecule has 0 aromatic heterocycles. The van der Waals surface area contributed by atoms with E-state index in [1.165, 1.54) is 38.8 Å². The summed E-state index contributed by atoms with van der Waals surface area (Å²) < 4.78 is 0. The van der Waals surface area contributed by atoms with Crippen molar-refractivity contribution in [2.75, 3.05) is 19.6 Å². The van der Waals surface area contributed by atoms with Gasteiger partial charge in [-0.3, -0.25) is 0 Å². The van der Waals surface area contributed by atoms with Gasteiger partial charge in [0.05, 0.1) is 5.60 Å². The third-order valence-corrected chi connectivity index (χ3v) is 3.11. The fraction of sp³-hybridized carbons (Fsp3) is 1.00. The molecular weight excluding hydrogens is 186 g/mol. The molecule has 15 heavy (non-hydrogen) atoms. The Morgan fingerprint density at radius 3 is 2.13 bits per heavy atom. The average molecular weight is 213 g/mol. The summed E-state index contributed by atoms with van der Waals surface area (Å²) in [6.45, 7) is 9.54. The van der Waals surface area contributed by atoms with Crippen LogP contribution in [-0.4, -0.2) is 35.2 Å². The van der Waals surface area contributed by atoms with Crippen LogP contribution in [0.5, 0.6) is 0 Å². The molecule has 0 bridgehead atoms. The van der Waals surface area contributed by atoms with Crippen LogP contribution in [-0.2, 0) is 0 Å². The van der Waals surface area contributed by atoms with Crippen molar-refractivity contribution in [2.24, 2.45) is 5.92 Å². The standard InChI is InChI=1S/C13H27NO/c1-12(2)10-13(3,15)11-14-8-6-4-5-7-9-14/h12,15H,4-11H2,1-3H3. The van der Waals surface area contributed by atoms with Crippen LogP contribution in [0.4, 0.5) is 0 Å². The lowest BCUT2D eigenvalue weighted by molar-refractivity contribution is 0.00348. The van der Waals surface area contributed by atoms with Crippen LogP contribution in [0.15, 0.2) is 0 Å². The van der Waals surface area contributed by atoms with Crippen LogP contribution in [0.1, 0.15) is 52.9 Å². The summed E-state index contributed by atoms with van der Waals surface area (Å²) in [5.41, 5.74) is -0.501. The van der Waals surface area contributed by atoms with Crippen molar-refractivity contribution in [2.45, 2.75) is 58.5 Å². The largest absolute Gasteiger partial charge is 0.389 e. The summed E-state index contributed by atoms with van der Waals surface area (Å²) in [5.74, 6) is 0.576. The van der Waals surface area contributed by atoms with Gasteiger partial charge < -0.3 is 10.0 Å². The smallest absolute Gasteiger partial charge is 0.0748 e. The van der Waals surface area contributed by atoms with Crippen LogP contribution in [0, 0.1) is 5.92 Å². The molecule has 0 radical (unpaired) electrons. The van der Waals surface area contributed by atoms with E-state index < -0.39 is 5.60 Å². The fourth-order valence-corrected chi connectivity index (χ4v) is 2.72. The van der Waals surface area contributed by atoms with E-state index in [0.717, 1.165) is 13.0 Å². The minimum absolute atomic E-state index is 0.501. The average Bonchev–Trinajstić information content (AvgIpc) is 2.29. The van der Waals surface area contributed by atoms with E-state index in [-0.39, 0.29) is 0 Å². The molecule has 0 spiro atoms. The maximum Gasteiger partial charge on any atom is 0.0748 e. The van der Waals surface area contributed by atoms with Crippen LogP contribution >= 0.6 is 0 Å². The molecule has 1 aliphatic rings. The molecule has 2 nitrogen and oxygen atoms in total. The van der Waals surface area contributed by atoms with Gasteiger partial charge in [0.15, 0.2) is 0 Å². The summed E-state index contributed by atoms with van der Waals surface area (Å²) in [6.07, 6.45) is 6.24. The first-order valence-corrected chi connectivity index (χ1v) is 6.44. The second kappa shape index (κ2) is 5.86. The number of likely N-dealkylation sites (tertiary alicyclic amines) is 1. The molecule has 1 rings (SSSR count). The Bertz CT molecular complexity index is 169. The number of nitrogens with zero attached hydrogens (tertiary/aromatic N) is 1. The van der Waals surface area contributed by atoms with Gasteiger partial charge in [-0.05, 0) is 45.2 Å². The lowest BCUT2D eigenvalue weighted by atomic mass is 9.94. The van der Waals surface area contributed by atoms with E-state index in [0.29, 0.717) is 5.92 Å². The highest BCUT2D eigenvalue weighted by Crippen LogP contribution is 2.19. The van der Waals surface area contributed by atoms with Crippen molar-refractivity contribution in [3.63, 3.8) is 0 Å². The highest BCUT2D eigenvalue weighted by molar-refractivity contribution is 4.79. The minimum Gasteiger partial charge on any atom is -0.389 e. The topological polar surface area (TPSA) is 23.5 Å². The molecule has 0 aromatic rings. The zero-order chi connectivity index (χ0) is 11.3. The molecule has 0 aromatic carbocycles. The van der Waals surface area contributed by atoms with Crippen molar-refractivity contribution in [3.05, 3.63) is 0 Å². The van der Waals surface area contributed by atoms with Gasteiger partial charge in [-0.15, -0.1) is 0 Å². The number of hydrogen-bond acceptors (Lipinski definition) is 2. The molecule has 1 atom stereocenters. The zero-order valence-electron chi connectivity index (χ0n) is 10.6. The van der Waals surface area contributed by atoms with Crippen molar-refractivity contribution < 1.29 is 5.11 Å². The van der Waals surface area contributed by atoms with E-state index in [4.69, 9.17) is 0 Å². The van der Waals surface area contributed by atoms with Crippen molar-refractivity contribution in [1.82, 2.24) is 4.90 Å². The van der Waals surface area contributed by atoms with Gasteiger partial charge in [0.2, 0.25) is 0 Å². The van der Waals surface area contributed by atoms with E-state index in [9.17, 15) is 5.11 Å². The molecule has 2 heteroatoms. The Kier molecular flexibility index (Phi) is 5.07. The second-order valence-corrected chi connectivity index (χ2v) is 5.79. The number of hydrogen-bond donors (Lipinski definition) is 1. The van der Waals surface area contributed by atoms with E-state index in [1.54, 1.807) is 0 Å². The molecule has 1 fully saturated rings. The molecule has 1 N–H and O–H groups in total. The SMILES string of the molecule is CC(C)CC(C)(O)CN1CCCCCC1. The summed E-state index contributed by atoms with van der Waals surface area (Å²) in [6, 6.07) is 0. The predicted octanol–water partition coefficient (Wildman–Crippen LogP) is 2.66. The lowest BCUT2D eigenvalue weighted by Gasteiger charge is -2.32. The Balaban J connectivity index is 2.36. The van der Waals surface area contributed by atoms with Gasteiger partial charge >= 0.3 is 0 Å². The number of aliphatic hydroxyl groups is 1. The Morgan fingerprint density at radius 2 is 1.67 bits per heavy atom. The molecule has 1 aliphatic heterocycles. The lowest BCUT2D eigenvalue weighted by Crippen LogP contribution is -2.42. The fourth-order valence-electron chi connectivity index (χ4n) is 2.72. The molecule has 1 heterocycles. The Hall–Kier alpha value is -0.0800. The molecule has 0 aliphatic carbocycles. The van der Waals surface area contributed by atoms with Gasteiger partial charge in [-0.1, -0.05) is 26.7 Å². The maximum absolute atomic E-state index is 10.3. The highest BCUT2D eigenvalue weighted by Gasteiger charge is 2.25. The summed E-state index contributed by atoms with van der Waals surface area (Å²) in [5, 5.41) is 10.3. The van der Waals surface area contributed by atoms with Gasteiger partial charge in [-0.2, -0.15) is 0 Å². The van der Waals surface area contributed by atoms with Crippen molar-refractivity contribution in [3.8, 4) is 0 Å². The van der Waals surface area contributed by atoms with Crippen LogP contribution in [0.25, 0.3) is 0 Å². The van der Waals surface area contributed by atoms with Crippen LogP contribution in [0.2, 0.25) is 0 Å². The second-order valence-electron chi connectivity index (χ2n) is 5.79. The van der Waals surface area contributed by atoms with Crippen LogP contribution < -0.4 is 0 Å². The third kappa shape index (κ3) is 5.53. The summed E-state index contributed by atoms with van der Waals surface area (Å²) in [4.78, 5) is 2.44. The van der Waals surface area contributed by atoms with Gasteiger partial charge in [-0.25, -0.2) is 0 Å². The first kappa shape index (κ1) is 13.0. The molecular formula is C13H27NO. The van der Waals surface area contributed by atoms with Crippen molar-refractivity contribution in [1.29, 1.82) is 0 Å². The van der Waals surface area contributed by atoms with E-state index >= 15 is 0 Å². The normalized spacial score (nSPS) is 23.8. The molecule has 1 saturated heterocycles. The van der Waals surface area contributed by atoms with Crippen molar-refractivity contribution >= 4 is 0 Å². The monoisotopic (exact) mass is 213 g/mol. The number of rotatable bonds is 4. The van der Waals surface area contributed by atoms with E-state index in [2.05, 4.69) is 18.7 Å². The molecule has 1 unspecified atom stereocenters. The molecule has 0 amide bonds. The van der Waals surface area contributed by atoms with Gasteiger partial charge in [0.25, 0.3) is 0 Å². The summed E-state index contributed by atoms with van der Waals surface area (Å²) >= 11 is 0. The summed E-state index contributed by atoms with van der Waals surface area (Å²) in [7, 11) is 0. The first-order chi connectivity index (χ1) is 6.99. The van der Waals surface area contributed by atoms with Gasteiger partial charge in [0.1, 0.15) is 0 Å². The van der Waals surface area contributed by atoms with Crippen LogP contribution in [0.3, 0.4) is 0 Å². The molecule has 90 valence electrons. The quantitative estimate of drug-likeness (QED) is 0.776. The highest BCUT2D eigenvalue weighted by atomic mass is 16.3. The maximum atomic E-state index is 10.3. The zero-order valence-corrected chi connectivity index (χ0v) is 10.6. The Morgan fingerprint density at radius 1 is 1.13 bits per heavy atom. The molecule has 0 saturated carbocycles. The third-order valence-electron chi connectivity index (χ3n) is 3.11. The predicted molar refractivity (Wildman–Crippen MR) is 65.0 cm³/mol. The first-order valence-electron chi connectivity index (χ1n) is 6.44. The minimum atomic E-state index is -0.501. The number of β-amino-alcohol motifs (C(OH)–C–C–N with tert-alkyl or cyclic N) is 1.